The number of primary amides is 2. The number of likely N-dealkylation sites (N-methyl/N-ethyl adjacent to an activating group) is 1. The third-order valence-corrected chi connectivity index (χ3v) is 23.3. The topological polar surface area (TPSA) is 599 Å². The van der Waals surface area contributed by atoms with Gasteiger partial charge in [-0.3, -0.25) is 58.9 Å². The number of urea groups is 1. The van der Waals surface area contributed by atoms with Gasteiger partial charge in [0.05, 0.1) is 57.8 Å². The van der Waals surface area contributed by atoms with Gasteiger partial charge in [0.1, 0.15) is 95.5 Å². The van der Waals surface area contributed by atoms with Crippen LogP contribution in [0.4, 0.5) is 4.79 Å². The van der Waals surface area contributed by atoms with Crippen LogP contribution in [0.2, 0.25) is 20.1 Å². The van der Waals surface area contributed by atoms with Gasteiger partial charge in [0, 0.05) is 68.4 Å². The van der Waals surface area contributed by atoms with Crippen molar-refractivity contribution in [3.8, 4) is 57.1 Å². The number of carbonyl (C=O) groups is 10. The number of aromatic hydroxyl groups is 3. The summed E-state index contributed by atoms with van der Waals surface area (Å²) in [6.45, 7) is 8.64. The fourth-order valence-corrected chi connectivity index (χ4v) is 16.3. The number of phenolic OH excluding ortho intramolecular Hbond substituents is 3. The van der Waals surface area contributed by atoms with E-state index in [9.17, 15) is 69.9 Å². The number of phenols is 3. The molecule has 3 saturated heterocycles. The zero-order valence-corrected chi connectivity index (χ0v) is 70.5. The van der Waals surface area contributed by atoms with Crippen LogP contribution in [0.25, 0.3) is 11.1 Å². The summed E-state index contributed by atoms with van der Waals surface area (Å²) in [7, 11) is 1.47. The SMILES string of the molecule is CN[C@H](CC(C)C)C(=O)N[C@H]1C(=O)N[C@@H](CC(N)=O)C(=O)N[C@H]2C(=O)N[C@H]3C(=O)N[C@H](C(=O)N[C@@H](C(=O)NNC(N)=O)c4cc(O)cc(O)c4-c4cc3ccc4O)[C@H](O)c3ccc(c(Cl)c3)Oc3cc2cc(c3O[C@@H]2O[C@H](CO)[C@@H](O)[C@H](O)[C@H]2O[C@H]2C[C@](C)(NCCN3CCN(NC(=O)Cc4ccc(Cl)c(Cl)c4)CC3)[C@H](O)[C@H](C)O2)Oc2ccc(cc2Cl)[C@H]1O. The van der Waals surface area contributed by atoms with E-state index in [4.69, 9.17) is 86.3 Å². The second-order valence-corrected chi connectivity index (χ2v) is 33.1. The van der Waals surface area contributed by atoms with Crippen LogP contribution < -0.4 is 84.5 Å². The Morgan fingerprint density at radius 3 is 1.93 bits per heavy atom. The van der Waals surface area contributed by atoms with Crippen molar-refractivity contribution in [3.05, 3.63) is 151 Å². The molecule has 3 fully saturated rings. The molecule has 18 atom stereocenters. The monoisotopic (exact) mass is 1820 g/mol. The van der Waals surface area contributed by atoms with Crippen molar-refractivity contribution in [1.29, 1.82) is 0 Å². The van der Waals surface area contributed by atoms with Gasteiger partial charge < -0.3 is 128 Å². The second-order valence-electron chi connectivity index (χ2n) is 31.5. The number of rotatable bonds is 20. The first-order chi connectivity index (χ1) is 59.3. The molecule has 0 radical (unpaired) electrons. The summed E-state index contributed by atoms with van der Waals surface area (Å²) in [6, 6.07) is 2.75. The van der Waals surface area contributed by atoms with E-state index in [2.05, 4.69) is 52.9 Å². The number of nitrogens with one attached hydrogen (secondary N) is 11. The van der Waals surface area contributed by atoms with Crippen molar-refractivity contribution in [2.45, 2.75) is 163 Å². The van der Waals surface area contributed by atoms with Crippen molar-refractivity contribution in [2.75, 3.05) is 52.9 Å². The molecule has 14 rings (SSSR count). The standard InChI is InChI=1S/C81H95Cl4N15O25/c1-33(2)20-47(88-5)72(112)94-63-65(107)37-8-12-51(45(84)24-37)121-53-26-39-27-54(69(53)125-79-70(68(110)67(109)55(32-101)123-79)124-58-31-81(4,71(111)34(3)120-58)89-14-15-99-16-18-100(19-17-99)98-57(106)22-35-6-10-43(82)44(83)21-35)122-52-13-9-38(25-46(52)85)66(108)64-77(117)93-62(78(118)96-97-80(87)119)42-28-40(102)29-50(104)59(42)41-23-36(7-11-49(41)103)60(74(114)95-64)92-75(115)61(39)91-73(113)48(30-56(86)105)90-76(63)116/h6-13,21,23-29,33-34,47-48,55,58,60-68,70-71,79,88-89,101-104,107-111H,14-20,22,30-32H2,1-5H3,(H2,86,105)(H,90,116)(H,91,113)(H,92,115)(H,93,117)(H,94,112)(H,95,114)(H,96,118)(H,98,106)(H3,87,97,119)/t34-,47+,48-,55+,58-,60+,61+,62+,63+,64-,65+,66+,67+,68-,70+,71+,79-,81-/m0/s1. The van der Waals surface area contributed by atoms with Crippen molar-refractivity contribution in [3.63, 3.8) is 0 Å². The predicted octanol–water partition coefficient (Wildman–Crippen LogP) is 0.550. The first kappa shape index (κ1) is 93.4. The van der Waals surface area contributed by atoms with E-state index in [1.165, 1.54) is 19.2 Å². The summed E-state index contributed by atoms with van der Waals surface area (Å²) >= 11 is 26.6. The van der Waals surface area contributed by atoms with E-state index >= 15 is 24.0 Å². The summed E-state index contributed by atoms with van der Waals surface area (Å²) < 4.78 is 39.6. The lowest BCUT2D eigenvalue weighted by molar-refractivity contribution is -0.334. The predicted molar refractivity (Wildman–Crippen MR) is 443 cm³/mol. The van der Waals surface area contributed by atoms with Gasteiger partial charge in [0.25, 0.3) is 5.91 Å². The molecule has 11 bridgehead atoms. The van der Waals surface area contributed by atoms with Crippen LogP contribution in [0.3, 0.4) is 0 Å². The lowest BCUT2D eigenvalue weighted by atomic mass is 9.85. The second kappa shape index (κ2) is 39.8. The molecule has 0 spiro atoms. The average molecular weight is 1820 g/mol. The van der Waals surface area contributed by atoms with E-state index < -0.39 is 243 Å². The minimum atomic E-state index is -2.39. The molecule has 0 aliphatic carbocycles. The van der Waals surface area contributed by atoms with Gasteiger partial charge in [-0.2, -0.15) is 0 Å². The van der Waals surface area contributed by atoms with Gasteiger partial charge >= 0.3 is 6.03 Å². The molecule has 8 aliphatic heterocycles. The van der Waals surface area contributed by atoms with Gasteiger partial charge in [0.15, 0.2) is 23.9 Å². The minimum Gasteiger partial charge on any atom is -0.508 e. The summed E-state index contributed by atoms with van der Waals surface area (Å²) in [5.74, 6) is -16.1. The number of nitrogens with two attached hydrogens (primary N) is 2. The third-order valence-electron chi connectivity index (χ3n) is 22.0. The largest absolute Gasteiger partial charge is 0.508 e. The number of nitrogens with zero attached hydrogens (tertiary/aromatic N) is 2. The number of amides is 11. The van der Waals surface area contributed by atoms with Gasteiger partial charge in [-0.25, -0.2) is 15.2 Å². The Kier molecular flexibility index (Phi) is 29.8. The Balaban J connectivity index is 0.984. The lowest BCUT2D eigenvalue weighted by Crippen LogP contribution is -2.66. The number of hydrogen-bond donors (Lipinski definition) is 22. The van der Waals surface area contributed by atoms with E-state index in [-0.39, 0.29) is 65.1 Å². The highest BCUT2D eigenvalue weighted by Gasteiger charge is 2.52. The van der Waals surface area contributed by atoms with Crippen LogP contribution in [0, 0.1) is 5.92 Å². The van der Waals surface area contributed by atoms with Crippen molar-refractivity contribution < 1.29 is 122 Å². The highest BCUT2D eigenvalue weighted by molar-refractivity contribution is 6.42. The fraction of sp³-hybridized carbons (Fsp3) is 0.432. The maximum Gasteiger partial charge on any atom is 0.330 e. The van der Waals surface area contributed by atoms with Crippen molar-refractivity contribution in [2.24, 2.45) is 17.4 Å². The van der Waals surface area contributed by atoms with Crippen LogP contribution in [0.1, 0.15) is 111 Å². The fourth-order valence-electron chi connectivity index (χ4n) is 15.5. The van der Waals surface area contributed by atoms with Crippen molar-refractivity contribution >= 4 is 106 Å². The normalized spacial score (nSPS) is 27.0. The van der Waals surface area contributed by atoms with Gasteiger partial charge in [-0.05, 0) is 133 Å². The van der Waals surface area contributed by atoms with E-state index in [0.29, 0.717) is 48.3 Å². The number of benzene rings is 6. The highest BCUT2D eigenvalue weighted by atomic mass is 35.5. The number of fused-ring (bicyclic) bond motifs is 15. The molecular weight excluding hydrogens is 1720 g/mol. The van der Waals surface area contributed by atoms with Gasteiger partial charge in [0.2, 0.25) is 59.3 Å². The molecular formula is C81H95Cl4N15O25. The van der Waals surface area contributed by atoms with Crippen LogP contribution in [0.5, 0.6) is 46.0 Å². The number of carbonyl (C=O) groups excluding carboxylic acids is 10. The van der Waals surface area contributed by atoms with Crippen LogP contribution >= 0.6 is 46.4 Å². The maximum atomic E-state index is 16.3. The number of halogens is 4. The molecule has 24 N–H and O–H groups in total. The number of aliphatic hydroxyl groups is 6. The molecule has 125 heavy (non-hydrogen) atoms. The number of aliphatic hydroxyl groups excluding tert-OH is 6. The Morgan fingerprint density at radius 2 is 1.30 bits per heavy atom. The first-order valence-corrected chi connectivity index (χ1v) is 41.0. The number of hydrazine groups is 2. The molecule has 0 saturated carbocycles. The molecule has 40 nitrogen and oxygen atoms in total. The summed E-state index contributed by atoms with van der Waals surface area (Å²) in [5, 5.41) is 129. The van der Waals surface area contributed by atoms with Gasteiger partial charge in [-0.15, -0.1) is 0 Å². The van der Waals surface area contributed by atoms with E-state index in [1.807, 2.05) is 24.7 Å². The molecule has 8 heterocycles. The van der Waals surface area contributed by atoms with Crippen LogP contribution in [-0.4, -0.2) is 247 Å². The Labute approximate surface area is 733 Å². The number of hydrogen-bond acceptors (Lipinski definition) is 29. The lowest BCUT2D eigenvalue weighted by Gasteiger charge is -2.48. The minimum absolute atomic E-state index is 0.0610. The smallest absolute Gasteiger partial charge is 0.330 e. The van der Waals surface area contributed by atoms with E-state index in [0.717, 1.165) is 66.7 Å². The molecule has 44 heteroatoms. The van der Waals surface area contributed by atoms with E-state index in [1.54, 1.807) is 37.1 Å². The Hall–Kier alpha value is -10.7. The van der Waals surface area contributed by atoms with Gasteiger partial charge in [-0.1, -0.05) is 84.5 Å². The average Bonchev–Trinajstić information content (AvgIpc) is 0.772. The summed E-state index contributed by atoms with van der Waals surface area (Å²) in [5.41, 5.74) is 14.3. The Morgan fingerprint density at radius 1 is 0.664 bits per heavy atom. The molecule has 6 aromatic carbocycles. The third kappa shape index (κ3) is 21.7. The molecule has 0 aromatic heterocycles. The number of ether oxygens (including phenoxy) is 6. The molecule has 672 valence electrons. The summed E-state index contributed by atoms with van der Waals surface area (Å²) in [4.78, 5) is 147. The molecule has 8 aliphatic rings. The van der Waals surface area contributed by atoms with Crippen molar-refractivity contribution in [1.82, 2.24) is 68.7 Å². The molecule has 11 amide bonds. The summed E-state index contributed by atoms with van der Waals surface area (Å²) in [6.07, 6.45) is -18.9. The first-order valence-electron chi connectivity index (χ1n) is 39.5. The quantitative estimate of drug-likeness (QED) is 0.0464. The molecule has 6 aromatic rings. The highest BCUT2D eigenvalue weighted by Crippen LogP contribution is 2.50. The number of piperazine rings is 1. The Bertz CT molecular complexity index is 5120. The van der Waals surface area contributed by atoms with Crippen LogP contribution in [0.15, 0.2) is 97.1 Å². The zero-order chi connectivity index (χ0) is 90.5. The molecule has 0 unspecified atom stereocenters. The maximum absolute atomic E-state index is 16.3. The van der Waals surface area contributed by atoms with Crippen LogP contribution in [-0.2, 0) is 63.8 Å². The zero-order valence-electron chi connectivity index (χ0n) is 67.5.